The molecular formula is C21H29N5OS. The molecule has 2 fully saturated rings. The van der Waals surface area contributed by atoms with Gasteiger partial charge in [0.25, 0.3) is 0 Å². The largest absolute Gasteiger partial charge is 0.384 e. The lowest BCUT2D eigenvalue weighted by Crippen LogP contribution is -2.43. The van der Waals surface area contributed by atoms with Crippen LogP contribution in [-0.2, 0) is 6.42 Å². The van der Waals surface area contributed by atoms with Crippen molar-refractivity contribution in [3.8, 4) is 0 Å². The molecular weight excluding hydrogens is 370 g/mol. The summed E-state index contributed by atoms with van der Waals surface area (Å²) >= 11 is 1.78. The maximum absolute atomic E-state index is 9.67. The van der Waals surface area contributed by atoms with E-state index in [0.29, 0.717) is 28.8 Å². The molecule has 7 heteroatoms. The van der Waals surface area contributed by atoms with E-state index >= 15 is 0 Å². The summed E-state index contributed by atoms with van der Waals surface area (Å²) in [5.74, 6) is 1.51. The SMILES string of the molecule is CC(=CC(N)=NC1CCCN2CCCC12)C(=N)c1ccc2c(c1NO)CCS2. The van der Waals surface area contributed by atoms with Crippen LogP contribution in [0.5, 0.6) is 0 Å². The molecule has 0 aliphatic carbocycles. The third-order valence-corrected chi connectivity index (χ3v) is 7.24. The van der Waals surface area contributed by atoms with Gasteiger partial charge in [0.1, 0.15) is 5.84 Å². The van der Waals surface area contributed by atoms with Crippen LogP contribution in [0.25, 0.3) is 0 Å². The minimum Gasteiger partial charge on any atom is -0.384 e. The van der Waals surface area contributed by atoms with E-state index in [1.165, 1.54) is 37.2 Å². The van der Waals surface area contributed by atoms with E-state index in [9.17, 15) is 5.21 Å². The summed E-state index contributed by atoms with van der Waals surface area (Å²) in [6, 6.07) is 4.74. The number of nitrogens with two attached hydrogens (primary N) is 1. The zero-order valence-corrected chi connectivity index (χ0v) is 17.2. The molecule has 2 unspecified atom stereocenters. The third kappa shape index (κ3) is 3.71. The van der Waals surface area contributed by atoms with Gasteiger partial charge < -0.3 is 5.73 Å². The maximum Gasteiger partial charge on any atom is 0.118 e. The van der Waals surface area contributed by atoms with Gasteiger partial charge in [0.15, 0.2) is 0 Å². The van der Waals surface area contributed by atoms with Crippen molar-refractivity contribution in [3.63, 3.8) is 0 Å². The minimum absolute atomic E-state index is 0.265. The highest BCUT2D eigenvalue weighted by atomic mass is 32.2. The first kappa shape index (κ1) is 19.5. The van der Waals surface area contributed by atoms with Crippen LogP contribution in [-0.4, -0.2) is 52.6 Å². The lowest BCUT2D eigenvalue weighted by molar-refractivity contribution is 0.175. The molecule has 0 bridgehead atoms. The van der Waals surface area contributed by atoms with Crippen molar-refractivity contribution in [2.24, 2.45) is 10.7 Å². The van der Waals surface area contributed by atoms with Crippen LogP contribution >= 0.6 is 11.8 Å². The Bertz CT molecular complexity index is 834. The van der Waals surface area contributed by atoms with E-state index in [2.05, 4.69) is 10.4 Å². The topological polar surface area (TPSA) is 97.7 Å². The van der Waals surface area contributed by atoms with Gasteiger partial charge in [-0.2, -0.15) is 0 Å². The van der Waals surface area contributed by atoms with Crippen molar-refractivity contribution < 1.29 is 5.21 Å². The van der Waals surface area contributed by atoms with Crippen molar-refractivity contribution in [1.82, 2.24) is 4.90 Å². The second kappa shape index (κ2) is 8.27. The highest BCUT2D eigenvalue weighted by Gasteiger charge is 2.34. The second-order valence-corrected chi connectivity index (χ2v) is 9.02. The summed E-state index contributed by atoms with van der Waals surface area (Å²) in [6.45, 7) is 4.25. The number of thioether (sulfide) groups is 1. The number of benzene rings is 1. The van der Waals surface area contributed by atoms with Crippen molar-refractivity contribution in [2.45, 2.75) is 56.0 Å². The summed E-state index contributed by atoms with van der Waals surface area (Å²) in [4.78, 5) is 8.53. The van der Waals surface area contributed by atoms with Gasteiger partial charge in [0, 0.05) is 22.3 Å². The molecule has 2 saturated heterocycles. The average Bonchev–Trinajstić information content (AvgIpc) is 3.35. The molecule has 4 rings (SSSR count). The molecule has 0 spiro atoms. The number of hydrogen-bond donors (Lipinski definition) is 4. The third-order valence-electron chi connectivity index (χ3n) is 6.14. The predicted octanol–water partition coefficient (Wildman–Crippen LogP) is 3.43. The number of anilines is 1. The number of aliphatic imine (C=N–C) groups is 1. The van der Waals surface area contributed by atoms with Crippen molar-refractivity contribution in [1.29, 1.82) is 5.41 Å². The van der Waals surface area contributed by atoms with Crippen molar-refractivity contribution in [3.05, 3.63) is 34.9 Å². The summed E-state index contributed by atoms with van der Waals surface area (Å²) < 4.78 is 0. The molecule has 150 valence electrons. The predicted molar refractivity (Wildman–Crippen MR) is 116 cm³/mol. The minimum atomic E-state index is 0.265. The Kier molecular flexibility index (Phi) is 5.75. The first-order chi connectivity index (χ1) is 13.6. The molecule has 0 radical (unpaired) electrons. The molecule has 1 aromatic rings. The number of nitrogens with zero attached hydrogens (tertiary/aromatic N) is 2. The van der Waals surface area contributed by atoms with Crippen LogP contribution in [0.3, 0.4) is 0 Å². The number of fused-ring (bicyclic) bond motifs is 2. The van der Waals surface area contributed by atoms with Crippen molar-refractivity contribution >= 4 is 29.0 Å². The van der Waals surface area contributed by atoms with Gasteiger partial charge in [0.2, 0.25) is 0 Å². The molecule has 1 aromatic carbocycles. The molecule has 3 aliphatic heterocycles. The summed E-state index contributed by atoms with van der Waals surface area (Å²) in [7, 11) is 0. The maximum atomic E-state index is 9.67. The molecule has 0 saturated carbocycles. The van der Waals surface area contributed by atoms with Gasteiger partial charge in [-0.05, 0) is 81.5 Å². The van der Waals surface area contributed by atoms with E-state index in [1.54, 1.807) is 17.8 Å². The van der Waals surface area contributed by atoms with Gasteiger partial charge in [-0.1, -0.05) is 0 Å². The number of rotatable bonds is 5. The first-order valence-corrected chi connectivity index (χ1v) is 11.1. The lowest BCUT2D eigenvalue weighted by atomic mass is 9.96. The van der Waals surface area contributed by atoms with E-state index in [-0.39, 0.29) is 6.04 Å². The fraction of sp³-hybridized carbons (Fsp3) is 0.524. The summed E-state index contributed by atoms with van der Waals surface area (Å²) in [6.07, 6.45) is 7.43. The summed E-state index contributed by atoms with van der Waals surface area (Å²) in [5, 5.41) is 18.3. The molecule has 0 aromatic heterocycles. The lowest BCUT2D eigenvalue weighted by Gasteiger charge is -2.34. The van der Waals surface area contributed by atoms with Crippen LogP contribution < -0.4 is 11.2 Å². The van der Waals surface area contributed by atoms with Gasteiger partial charge in [-0.25, -0.2) is 0 Å². The van der Waals surface area contributed by atoms with Crippen LogP contribution in [0.15, 0.2) is 33.7 Å². The van der Waals surface area contributed by atoms with Crippen LogP contribution in [0, 0.1) is 5.41 Å². The number of piperidine rings is 1. The van der Waals surface area contributed by atoms with Gasteiger partial charge in [0.05, 0.1) is 17.4 Å². The van der Waals surface area contributed by atoms with E-state index in [1.807, 2.05) is 19.1 Å². The van der Waals surface area contributed by atoms with Crippen LogP contribution in [0.1, 0.15) is 43.7 Å². The zero-order valence-electron chi connectivity index (χ0n) is 16.4. The number of nitrogens with one attached hydrogen (secondary N) is 2. The molecule has 6 nitrogen and oxygen atoms in total. The Morgan fingerprint density at radius 2 is 2.14 bits per heavy atom. The average molecular weight is 400 g/mol. The Balaban J connectivity index is 1.54. The number of hydrogen-bond acceptors (Lipinski definition) is 6. The van der Waals surface area contributed by atoms with E-state index in [0.717, 1.165) is 29.7 Å². The molecule has 28 heavy (non-hydrogen) atoms. The van der Waals surface area contributed by atoms with Crippen LogP contribution in [0.2, 0.25) is 0 Å². The quantitative estimate of drug-likeness (QED) is 0.345. The number of allylic oxidation sites excluding steroid dienone is 1. The Morgan fingerprint density at radius 1 is 1.36 bits per heavy atom. The Morgan fingerprint density at radius 3 is 2.93 bits per heavy atom. The zero-order chi connectivity index (χ0) is 19.7. The Hall–Kier alpha value is -1.83. The standard InChI is InChI=1S/C21H29N5OS/c1-13(12-19(22)24-16-4-2-9-26-10-3-5-17(16)26)20(23)15-6-7-18-14(8-11-28-18)21(15)25-27/h6-7,12,16-17,23,25,27H,2-5,8-11H2,1H3,(H2,22,24). The molecule has 3 aliphatic rings. The number of amidine groups is 1. The highest BCUT2D eigenvalue weighted by molar-refractivity contribution is 7.99. The molecule has 5 N–H and O–H groups in total. The van der Waals surface area contributed by atoms with Crippen LogP contribution in [0.4, 0.5) is 5.69 Å². The fourth-order valence-corrected chi connectivity index (χ4v) is 5.83. The molecule has 0 amide bonds. The highest BCUT2D eigenvalue weighted by Crippen LogP contribution is 2.38. The van der Waals surface area contributed by atoms with Gasteiger partial charge >= 0.3 is 0 Å². The van der Waals surface area contributed by atoms with E-state index in [4.69, 9.17) is 16.1 Å². The second-order valence-electron chi connectivity index (χ2n) is 7.89. The molecule has 3 heterocycles. The normalized spacial score (nSPS) is 25.5. The monoisotopic (exact) mass is 399 g/mol. The molecule has 2 atom stereocenters. The summed E-state index contributed by atoms with van der Waals surface area (Å²) in [5.41, 5.74) is 12.1. The first-order valence-electron chi connectivity index (χ1n) is 10.1. The fourth-order valence-electron chi connectivity index (χ4n) is 4.76. The van der Waals surface area contributed by atoms with Crippen molar-refractivity contribution in [2.75, 3.05) is 24.3 Å². The smallest absolute Gasteiger partial charge is 0.118 e. The van der Waals surface area contributed by atoms with Gasteiger partial charge in [-0.15, -0.1) is 11.8 Å². The van der Waals surface area contributed by atoms with Gasteiger partial charge in [-0.3, -0.25) is 26.0 Å². The Labute approximate surface area is 170 Å². The van der Waals surface area contributed by atoms with E-state index < -0.39 is 0 Å².